The summed E-state index contributed by atoms with van der Waals surface area (Å²) in [6.45, 7) is 0. The molecule has 0 aromatic heterocycles. The number of fused-ring (bicyclic) bond motifs is 1. The largest absolute Gasteiger partial charge is 0.465 e. The number of ether oxygens (including phenoxy) is 1. The molecule has 2 amide bonds. The Labute approximate surface area is 139 Å². The fraction of sp³-hybridized carbons (Fsp3) is 0.222. The average Bonchev–Trinajstić information content (AvgIpc) is 2.90. The van der Waals surface area contributed by atoms with E-state index in [4.69, 9.17) is 0 Å². The molecule has 2 aromatic rings. The second-order valence-electron chi connectivity index (χ2n) is 5.62. The Morgan fingerprint density at radius 2 is 1.83 bits per heavy atom. The zero-order chi connectivity index (χ0) is 17.1. The highest BCUT2D eigenvalue weighted by atomic mass is 16.5. The Morgan fingerprint density at radius 3 is 2.54 bits per heavy atom. The van der Waals surface area contributed by atoms with Crippen LogP contribution < -0.4 is 10.6 Å². The fourth-order valence-electron chi connectivity index (χ4n) is 2.86. The van der Waals surface area contributed by atoms with Crippen LogP contribution in [0.5, 0.6) is 0 Å². The van der Waals surface area contributed by atoms with Crippen molar-refractivity contribution >= 4 is 17.7 Å². The number of rotatable bonds is 3. The quantitative estimate of drug-likeness (QED) is 0.755. The number of amides is 2. The number of esters is 1. The Kier molecular flexibility index (Phi) is 4.48. The number of urea groups is 1. The molecule has 1 aliphatic rings. The molecule has 0 saturated carbocycles. The zero-order valence-corrected chi connectivity index (χ0v) is 13.2. The summed E-state index contributed by atoms with van der Waals surface area (Å²) in [5.41, 5.74) is 2.92. The summed E-state index contributed by atoms with van der Waals surface area (Å²) >= 11 is 0. The summed E-state index contributed by atoms with van der Waals surface area (Å²) in [6, 6.07) is 13.2. The number of aliphatic hydroxyl groups excluding tert-OH is 1. The number of anilines is 1. The highest BCUT2D eigenvalue weighted by Crippen LogP contribution is 2.31. The van der Waals surface area contributed by atoms with Crippen molar-refractivity contribution in [1.29, 1.82) is 0 Å². The number of hydrogen-bond acceptors (Lipinski definition) is 4. The third kappa shape index (κ3) is 3.23. The zero-order valence-electron chi connectivity index (χ0n) is 13.2. The molecule has 0 unspecified atom stereocenters. The van der Waals surface area contributed by atoms with E-state index in [1.54, 1.807) is 24.3 Å². The second kappa shape index (κ2) is 6.72. The molecule has 0 fully saturated rings. The lowest BCUT2D eigenvalue weighted by atomic mass is 10.1. The molecular weight excluding hydrogens is 308 g/mol. The minimum Gasteiger partial charge on any atom is -0.465 e. The van der Waals surface area contributed by atoms with E-state index in [-0.39, 0.29) is 0 Å². The smallest absolute Gasteiger partial charge is 0.337 e. The molecule has 6 nitrogen and oxygen atoms in total. The molecule has 0 aliphatic heterocycles. The van der Waals surface area contributed by atoms with Crippen molar-refractivity contribution in [2.45, 2.75) is 18.6 Å². The van der Waals surface area contributed by atoms with Crippen molar-refractivity contribution in [3.05, 3.63) is 65.2 Å². The average molecular weight is 326 g/mol. The highest BCUT2D eigenvalue weighted by molar-refractivity contribution is 5.92. The molecule has 3 N–H and O–H groups in total. The maximum atomic E-state index is 12.2. The molecule has 124 valence electrons. The van der Waals surface area contributed by atoms with E-state index < -0.39 is 24.1 Å². The number of hydrogen-bond donors (Lipinski definition) is 3. The van der Waals surface area contributed by atoms with Gasteiger partial charge in [-0.2, -0.15) is 0 Å². The lowest BCUT2D eigenvalue weighted by Crippen LogP contribution is -2.36. The van der Waals surface area contributed by atoms with Crippen molar-refractivity contribution in [2.24, 2.45) is 0 Å². The van der Waals surface area contributed by atoms with Crippen LogP contribution in [0.4, 0.5) is 10.5 Å². The Balaban J connectivity index is 1.65. The summed E-state index contributed by atoms with van der Waals surface area (Å²) in [5.74, 6) is -0.434. The lowest BCUT2D eigenvalue weighted by molar-refractivity contribution is 0.0600. The van der Waals surface area contributed by atoms with Crippen molar-refractivity contribution in [3.8, 4) is 0 Å². The van der Waals surface area contributed by atoms with Gasteiger partial charge in [0.05, 0.1) is 24.8 Å². The molecule has 1 aliphatic carbocycles. The van der Waals surface area contributed by atoms with E-state index in [2.05, 4.69) is 15.4 Å². The van der Waals surface area contributed by atoms with Crippen LogP contribution in [0.3, 0.4) is 0 Å². The van der Waals surface area contributed by atoms with E-state index in [0.29, 0.717) is 17.7 Å². The molecule has 0 spiro atoms. The highest BCUT2D eigenvalue weighted by Gasteiger charge is 2.31. The first-order valence-electron chi connectivity index (χ1n) is 7.60. The molecule has 3 rings (SSSR count). The summed E-state index contributed by atoms with van der Waals surface area (Å²) in [4.78, 5) is 23.6. The van der Waals surface area contributed by atoms with Gasteiger partial charge in [-0.05, 0) is 35.4 Å². The summed E-state index contributed by atoms with van der Waals surface area (Å²) in [6.07, 6.45) is -0.121. The summed E-state index contributed by atoms with van der Waals surface area (Å²) in [7, 11) is 1.31. The number of nitrogens with one attached hydrogen (secondary N) is 2. The standard InChI is InChI=1S/C18H18N2O4/c1-24-17(22)11-6-8-13(9-7-11)19-18(23)20-16-14-5-3-2-4-12(14)10-15(16)21/h2-9,15-16,21H,10H2,1H3,(H2,19,20,23)/t15-,16+/m1/s1. The van der Waals surface area contributed by atoms with Gasteiger partial charge in [-0.15, -0.1) is 0 Å². The van der Waals surface area contributed by atoms with Crippen LogP contribution >= 0.6 is 0 Å². The van der Waals surface area contributed by atoms with E-state index in [0.717, 1.165) is 11.1 Å². The first-order valence-corrected chi connectivity index (χ1v) is 7.60. The molecular formula is C18H18N2O4. The van der Waals surface area contributed by atoms with Gasteiger partial charge in [0.15, 0.2) is 0 Å². The van der Waals surface area contributed by atoms with Gasteiger partial charge >= 0.3 is 12.0 Å². The van der Waals surface area contributed by atoms with Gasteiger partial charge in [-0.25, -0.2) is 9.59 Å². The molecule has 24 heavy (non-hydrogen) atoms. The third-order valence-electron chi connectivity index (χ3n) is 4.05. The van der Waals surface area contributed by atoms with Gasteiger partial charge in [0, 0.05) is 12.1 Å². The van der Waals surface area contributed by atoms with Crippen LogP contribution in [0.2, 0.25) is 0 Å². The van der Waals surface area contributed by atoms with E-state index in [1.165, 1.54) is 7.11 Å². The molecule has 0 saturated heterocycles. The number of carbonyl (C=O) groups excluding carboxylic acids is 2. The van der Waals surface area contributed by atoms with Gasteiger partial charge in [0.25, 0.3) is 0 Å². The van der Waals surface area contributed by atoms with Crippen LogP contribution in [0, 0.1) is 0 Å². The van der Waals surface area contributed by atoms with E-state index >= 15 is 0 Å². The molecule has 0 radical (unpaired) electrons. The molecule has 6 heteroatoms. The van der Waals surface area contributed by atoms with Crippen LogP contribution in [-0.4, -0.2) is 30.3 Å². The molecule has 0 heterocycles. The van der Waals surface area contributed by atoms with Crippen molar-refractivity contribution in [2.75, 3.05) is 12.4 Å². The second-order valence-corrected chi connectivity index (χ2v) is 5.62. The van der Waals surface area contributed by atoms with Crippen LogP contribution in [-0.2, 0) is 11.2 Å². The van der Waals surface area contributed by atoms with Crippen LogP contribution in [0.15, 0.2) is 48.5 Å². The number of methoxy groups -OCH3 is 1. The van der Waals surface area contributed by atoms with Gasteiger partial charge < -0.3 is 20.5 Å². The number of aliphatic hydroxyl groups is 1. The van der Waals surface area contributed by atoms with Gasteiger partial charge in [0.1, 0.15) is 0 Å². The minimum atomic E-state index is -0.644. The van der Waals surface area contributed by atoms with E-state index in [9.17, 15) is 14.7 Å². The van der Waals surface area contributed by atoms with E-state index in [1.807, 2.05) is 24.3 Å². The van der Waals surface area contributed by atoms with Crippen LogP contribution in [0.1, 0.15) is 27.5 Å². The molecule has 0 bridgehead atoms. The topological polar surface area (TPSA) is 87.7 Å². The fourth-order valence-corrected chi connectivity index (χ4v) is 2.86. The van der Waals surface area contributed by atoms with Gasteiger partial charge in [0.2, 0.25) is 0 Å². The van der Waals surface area contributed by atoms with Gasteiger partial charge in [-0.1, -0.05) is 24.3 Å². The summed E-state index contributed by atoms with van der Waals surface area (Å²) in [5, 5.41) is 15.6. The SMILES string of the molecule is COC(=O)c1ccc(NC(=O)N[C@H]2c3ccccc3C[C@H]2O)cc1. The third-order valence-corrected chi connectivity index (χ3v) is 4.05. The molecule has 2 atom stereocenters. The lowest BCUT2D eigenvalue weighted by Gasteiger charge is -2.18. The Morgan fingerprint density at radius 1 is 1.12 bits per heavy atom. The number of benzene rings is 2. The minimum absolute atomic E-state index is 0.406. The van der Waals surface area contributed by atoms with Crippen LogP contribution in [0.25, 0.3) is 0 Å². The van der Waals surface area contributed by atoms with Crippen molar-refractivity contribution in [3.63, 3.8) is 0 Å². The maximum absolute atomic E-state index is 12.2. The van der Waals surface area contributed by atoms with Crippen molar-refractivity contribution < 1.29 is 19.4 Å². The Bertz CT molecular complexity index is 758. The predicted molar refractivity (Wildman–Crippen MR) is 88.8 cm³/mol. The first-order chi connectivity index (χ1) is 11.6. The predicted octanol–water partition coefficient (Wildman–Crippen LogP) is 2.25. The molecule has 2 aromatic carbocycles. The van der Waals surface area contributed by atoms with Crippen molar-refractivity contribution in [1.82, 2.24) is 5.32 Å². The normalized spacial score (nSPS) is 18.6. The Hall–Kier alpha value is -2.86. The maximum Gasteiger partial charge on any atom is 0.337 e. The van der Waals surface area contributed by atoms with Gasteiger partial charge in [-0.3, -0.25) is 0 Å². The first kappa shape index (κ1) is 16.0. The number of carbonyl (C=O) groups is 2. The summed E-state index contributed by atoms with van der Waals surface area (Å²) < 4.78 is 4.62. The monoisotopic (exact) mass is 326 g/mol.